The van der Waals surface area contributed by atoms with Crippen molar-refractivity contribution in [3.8, 4) is 11.8 Å². The second kappa shape index (κ2) is 10.5. The molecule has 1 atom stereocenters. The highest BCUT2D eigenvalue weighted by molar-refractivity contribution is 5.83. The van der Waals surface area contributed by atoms with E-state index >= 15 is 0 Å². The molecule has 0 N–H and O–H groups in total. The SMILES string of the molecule is Cc1cc(N2CCN(C(C(=O)N(C)C)c3ccccc3)CC2)cc(OCC(C)C)c1C#N. The first-order valence-electron chi connectivity index (χ1n) is 11.2. The Hall–Kier alpha value is -3.04. The molecule has 2 aromatic carbocycles. The number of carbonyl (C=O) groups is 1. The lowest BCUT2D eigenvalue weighted by Crippen LogP contribution is -2.51. The van der Waals surface area contributed by atoms with Gasteiger partial charge in [-0.3, -0.25) is 9.69 Å². The molecule has 1 saturated heterocycles. The molecule has 32 heavy (non-hydrogen) atoms. The molecule has 0 radical (unpaired) electrons. The standard InChI is InChI=1S/C26H34N4O2/c1-19(2)18-32-24-16-22(15-20(3)23(24)17-27)29-11-13-30(14-12-29)25(26(31)28(4)5)21-9-7-6-8-10-21/h6-10,15-16,19,25H,11-14,18H2,1-5H3. The Morgan fingerprint density at radius 2 is 1.78 bits per heavy atom. The average molecular weight is 435 g/mol. The number of piperazine rings is 1. The predicted molar refractivity (Wildman–Crippen MR) is 128 cm³/mol. The number of nitriles is 1. The molecule has 1 unspecified atom stereocenters. The van der Waals surface area contributed by atoms with Crippen molar-refractivity contribution in [2.75, 3.05) is 51.8 Å². The molecule has 6 heteroatoms. The van der Waals surface area contributed by atoms with E-state index in [-0.39, 0.29) is 11.9 Å². The van der Waals surface area contributed by atoms with Crippen molar-refractivity contribution in [3.63, 3.8) is 0 Å². The van der Waals surface area contributed by atoms with Gasteiger partial charge >= 0.3 is 0 Å². The van der Waals surface area contributed by atoms with Gasteiger partial charge in [0.15, 0.2) is 0 Å². The van der Waals surface area contributed by atoms with E-state index in [0.29, 0.717) is 23.8 Å². The number of amides is 1. The third-order valence-corrected chi connectivity index (χ3v) is 5.80. The fourth-order valence-electron chi connectivity index (χ4n) is 4.06. The first kappa shape index (κ1) is 23.6. The minimum Gasteiger partial charge on any atom is -0.492 e. The van der Waals surface area contributed by atoms with Crippen molar-refractivity contribution in [1.82, 2.24) is 9.80 Å². The second-order valence-corrected chi connectivity index (χ2v) is 9.02. The summed E-state index contributed by atoms with van der Waals surface area (Å²) in [5.74, 6) is 1.14. The van der Waals surface area contributed by atoms with E-state index in [1.807, 2.05) is 57.4 Å². The van der Waals surface area contributed by atoms with E-state index in [4.69, 9.17) is 4.74 Å². The first-order chi connectivity index (χ1) is 15.3. The summed E-state index contributed by atoms with van der Waals surface area (Å²) >= 11 is 0. The monoisotopic (exact) mass is 434 g/mol. The van der Waals surface area contributed by atoms with Crippen LogP contribution in [0.3, 0.4) is 0 Å². The fraction of sp³-hybridized carbons (Fsp3) is 0.462. The Balaban J connectivity index is 1.78. The third kappa shape index (κ3) is 5.41. The number of hydrogen-bond acceptors (Lipinski definition) is 5. The molecule has 0 saturated carbocycles. The van der Waals surface area contributed by atoms with Gasteiger partial charge in [-0.05, 0) is 30.0 Å². The number of benzene rings is 2. The van der Waals surface area contributed by atoms with Crippen LogP contribution in [0.1, 0.15) is 36.6 Å². The minimum atomic E-state index is -0.277. The molecule has 1 amide bonds. The van der Waals surface area contributed by atoms with Crippen LogP contribution in [0.5, 0.6) is 5.75 Å². The van der Waals surface area contributed by atoms with Crippen LogP contribution in [0.4, 0.5) is 5.69 Å². The normalized spacial score (nSPS) is 15.3. The maximum absolute atomic E-state index is 13.0. The van der Waals surface area contributed by atoms with Gasteiger partial charge in [-0.2, -0.15) is 5.26 Å². The van der Waals surface area contributed by atoms with Gasteiger partial charge in [-0.1, -0.05) is 44.2 Å². The Bertz CT molecular complexity index is 958. The van der Waals surface area contributed by atoms with Crippen LogP contribution in [0.25, 0.3) is 0 Å². The Morgan fingerprint density at radius 3 is 2.34 bits per heavy atom. The van der Waals surface area contributed by atoms with Crippen LogP contribution in [0.2, 0.25) is 0 Å². The Morgan fingerprint density at radius 1 is 1.12 bits per heavy atom. The van der Waals surface area contributed by atoms with Gasteiger partial charge in [-0.15, -0.1) is 0 Å². The second-order valence-electron chi connectivity index (χ2n) is 9.02. The third-order valence-electron chi connectivity index (χ3n) is 5.80. The molecular weight excluding hydrogens is 400 g/mol. The molecule has 0 aliphatic carbocycles. The largest absolute Gasteiger partial charge is 0.492 e. The van der Waals surface area contributed by atoms with E-state index in [2.05, 4.69) is 35.8 Å². The van der Waals surface area contributed by atoms with E-state index in [0.717, 1.165) is 43.0 Å². The van der Waals surface area contributed by atoms with Gasteiger partial charge in [0.2, 0.25) is 5.91 Å². The average Bonchev–Trinajstić information content (AvgIpc) is 2.78. The van der Waals surface area contributed by atoms with Crippen LogP contribution in [0, 0.1) is 24.2 Å². The van der Waals surface area contributed by atoms with Crippen molar-refractivity contribution in [1.29, 1.82) is 5.26 Å². The van der Waals surface area contributed by atoms with Crippen molar-refractivity contribution >= 4 is 11.6 Å². The summed E-state index contributed by atoms with van der Waals surface area (Å²) in [5.41, 5.74) is 3.62. The number of nitrogens with zero attached hydrogens (tertiary/aromatic N) is 4. The summed E-state index contributed by atoms with van der Waals surface area (Å²) in [6, 6.07) is 16.1. The summed E-state index contributed by atoms with van der Waals surface area (Å²) in [7, 11) is 3.62. The zero-order chi connectivity index (χ0) is 23.3. The lowest BCUT2D eigenvalue weighted by atomic mass is 10.0. The van der Waals surface area contributed by atoms with Crippen LogP contribution >= 0.6 is 0 Å². The quantitative estimate of drug-likeness (QED) is 0.662. The number of hydrogen-bond donors (Lipinski definition) is 0. The van der Waals surface area contributed by atoms with Crippen LogP contribution < -0.4 is 9.64 Å². The Labute approximate surface area is 192 Å². The molecule has 1 aliphatic heterocycles. The summed E-state index contributed by atoms with van der Waals surface area (Å²) < 4.78 is 5.97. The number of anilines is 1. The number of rotatable bonds is 7. The predicted octanol–water partition coefficient (Wildman–Crippen LogP) is 3.85. The molecule has 2 aromatic rings. The van der Waals surface area contributed by atoms with Gasteiger partial charge in [0.1, 0.15) is 17.9 Å². The van der Waals surface area contributed by atoms with E-state index < -0.39 is 0 Å². The van der Waals surface area contributed by atoms with Crippen molar-refractivity contribution < 1.29 is 9.53 Å². The zero-order valence-electron chi connectivity index (χ0n) is 19.8. The summed E-state index contributed by atoms with van der Waals surface area (Å²) in [5, 5.41) is 9.58. The molecule has 1 aliphatic rings. The van der Waals surface area contributed by atoms with Gasteiger partial charge < -0.3 is 14.5 Å². The first-order valence-corrected chi connectivity index (χ1v) is 11.2. The number of aryl methyl sites for hydroxylation is 1. The summed E-state index contributed by atoms with van der Waals surface area (Å²) in [6.07, 6.45) is 0. The number of ether oxygens (including phenoxy) is 1. The lowest BCUT2D eigenvalue weighted by molar-refractivity contribution is -0.134. The molecule has 170 valence electrons. The highest BCUT2D eigenvalue weighted by atomic mass is 16.5. The van der Waals surface area contributed by atoms with Gasteiger partial charge in [0, 0.05) is 52.0 Å². The highest BCUT2D eigenvalue weighted by Gasteiger charge is 2.31. The number of carbonyl (C=O) groups excluding carboxylic acids is 1. The Kier molecular flexibility index (Phi) is 7.76. The van der Waals surface area contributed by atoms with Crippen molar-refractivity contribution in [2.24, 2.45) is 5.92 Å². The van der Waals surface area contributed by atoms with E-state index in [9.17, 15) is 10.1 Å². The zero-order valence-corrected chi connectivity index (χ0v) is 19.8. The molecule has 0 bridgehead atoms. The summed E-state index contributed by atoms with van der Waals surface area (Å²) in [4.78, 5) is 19.3. The van der Waals surface area contributed by atoms with Crippen LogP contribution in [-0.4, -0.2) is 62.6 Å². The topological polar surface area (TPSA) is 59.8 Å². The van der Waals surface area contributed by atoms with Crippen molar-refractivity contribution in [2.45, 2.75) is 26.8 Å². The van der Waals surface area contributed by atoms with E-state index in [1.165, 1.54) is 0 Å². The van der Waals surface area contributed by atoms with Crippen LogP contribution in [0.15, 0.2) is 42.5 Å². The van der Waals surface area contributed by atoms with Gasteiger partial charge in [-0.25, -0.2) is 0 Å². The van der Waals surface area contributed by atoms with Gasteiger partial charge in [0.25, 0.3) is 0 Å². The molecule has 1 fully saturated rings. The molecule has 0 spiro atoms. The molecular formula is C26H34N4O2. The van der Waals surface area contributed by atoms with Crippen molar-refractivity contribution in [3.05, 3.63) is 59.2 Å². The summed E-state index contributed by atoms with van der Waals surface area (Å²) in [6.45, 7) is 9.90. The van der Waals surface area contributed by atoms with Crippen LogP contribution in [-0.2, 0) is 4.79 Å². The molecule has 0 aromatic heterocycles. The van der Waals surface area contributed by atoms with E-state index in [1.54, 1.807) is 4.90 Å². The smallest absolute Gasteiger partial charge is 0.244 e. The molecule has 6 nitrogen and oxygen atoms in total. The lowest BCUT2D eigenvalue weighted by Gasteiger charge is -2.40. The number of likely N-dealkylation sites (N-methyl/N-ethyl adjacent to an activating group) is 1. The molecule has 1 heterocycles. The highest BCUT2D eigenvalue weighted by Crippen LogP contribution is 2.31. The fourth-order valence-corrected chi connectivity index (χ4v) is 4.06. The van der Waals surface area contributed by atoms with Gasteiger partial charge in [0.05, 0.1) is 12.2 Å². The molecule has 3 rings (SSSR count). The maximum Gasteiger partial charge on any atom is 0.244 e. The maximum atomic E-state index is 13.0. The minimum absolute atomic E-state index is 0.100.